The summed E-state index contributed by atoms with van der Waals surface area (Å²) in [7, 11) is 0. The zero-order valence-electron chi connectivity index (χ0n) is 17.8. The second-order valence-electron chi connectivity index (χ2n) is 7.93. The Bertz CT molecular complexity index is 1120. The fourth-order valence-corrected chi connectivity index (χ4v) is 3.98. The van der Waals surface area contributed by atoms with Crippen LogP contribution in [0.2, 0.25) is 0 Å². The molecule has 1 aliphatic heterocycles. The van der Waals surface area contributed by atoms with E-state index in [1.807, 2.05) is 55.5 Å². The molecular formula is C25H28N2O4. The van der Waals surface area contributed by atoms with E-state index in [2.05, 4.69) is 5.32 Å². The minimum absolute atomic E-state index is 0.0965. The predicted molar refractivity (Wildman–Crippen MR) is 122 cm³/mol. The van der Waals surface area contributed by atoms with Gasteiger partial charge >= 0.3 is 0 Å². The number of benzene rings is 2. The van der Waals surface area contributed by atoms with Crippen LogP contribution in [0.3, 0.4) is 0 Å². The van der Waals surface area contributed by atoms with Crippen LogP contribution < -0.4 is 15.6 Å². The molecule has 6 nitrogen and oxygen atoms in total. The number of nitrogens with zero attached hydrogens (tertiary/aromatic N) is 1. The van der Waals surface area contributed by atoms with E-state index < -0.39 is 0 Å². The average Bonchev–Trinajstić information content (AvgIpc) is 2.79. The van der Waals surface area contributed by atoms with Crippen LogP contribution in [0.25, 0.3) is 10.9 Å². The number of fused-ring (bicyclic) bond motifs is 1. The van der Waals surface area contributed by atoms with Crippen LogP contribution in [-0.2, 0) is 16.1 Å². The lowest BCUT2D eigenvalue weighted by Crippen LogP contribution is -2.26. The smallest absolute Gasteiger partial charge is 0.251 e. The molecule has 2 aromatic carbocycles. The Balaban J connectivity index is 1.41. The molecule has 31 heavy (non-hydrogen) atoms. The molecule has 4 rings (SSSR count). The molecule has 1 fully saturated rings. The average molecular weight is 421 g/mol. The zero-order chi connectivity index (χ0) is 21.6. The maximum absolute atomic E-state index is 12.7. The van der Waals surface area contributed by atoms with E-state index in [1.165, 1.54) is 0 Å². The molecule has 1 atom stereocenters. The van der Waals surface area contributed by atoms with Crippen molar-refractivity contribution >= 4 is 22.5 Å². The minimum Gasteiger partial charge on any atom is -0.489 e. The van der Waals surface area contributed by atoms with Gasteiger partial charge in [-0.3, -0.25) is 9.59 Å². The molecule has 1 N–H and O–H groups in total. The van der Waals surface area contributed by atoms with E-state index in [0.717, 1.165) is 42.3 Å². The predicted octanol–water partition coefficient (Wildman–Crippen LogP) is 4.29. The Morgan fingerprint density at radius 2 is 1.97 bits per heavy atom. The lowest BCUT2D eigenvalue weighted by atomic mass is 10.1. The number of rotatable bonds is 7. The summed E-state index contributed by atoms with van der Waals surface area (Å²) in [5, 5.41) is 3.95. The van der Waals surface area contributed by atoms with Gasteiger partial charge in [-0.05, 0) is 49.9 Å². The van der Waals surface area contributed by atoms with Gasteiger partial charge in [0, 0.05) is 31.0 Å². The summed E-state index contributed by atoms with van der Waals surface area (Å²) in [5.41, 5.74) is 2.32. The Morgan fingerprint density at radius 1 is 1.16 bits per heavy atom. The van der Waals surface area contributed by atoms with E-state index in [0.29, 0.717) is 24.6 Å². The topological polar surface area (TPSA) is 69.6 Å². The van der Waals surface area contributed by atoms with Gasteiger partial charge in [0.25, 0.3) is 5.56 Å². The first-order valence-corrected chi connectivity index (χ1v) is 10.8. The van der Waals surface area contributed by atoms with Crippen LogP contribution in [-0.4, -0.2) is 29.8 Å². The van der Waals surface area contributed by atoms with Crippen molar-refractivity contribution < 1.29 is 14.3 Å². The maximum atomic E-state index is 12.7. The number of ether oxygens (including phenoxy) is 2. The number of pyridine rings is 1. The third kappa shape index (κ3) is 5.14. The van der Waals surface area contributed by atoms with Crippen molar-refractivity contribution in [2.75, 3.05) is 18.5 Å². The highest BCUT2D eigenvalue weighted by molar-refractivity contribution is 5.92. The summed E-state index contributed by atoms with van der Waals surface area (Å²) < 4.78 is 13.3. The molecule has 0 spiro atoms. The largest absolute Gasteiger partial charge is 0.489 e. The van der Waals surface area contributed by atoms with E-state index in [1.54, 1.807) is 10.6 Å². The molecule has 1 amide bonds. The van der Waals surface area contributed by atoms with Gasteiger partial charge in [-0.1, -0.05) is 30.3 Å². The molecule has 0 aliphatic carbocycles. The Morgan fingerprint density at radius 3 is 2.81 bits per heavy atom. The second-order valence-corrected chi connectivity index (χ2v) is 7.93. The van der Waals surface area contributed by atoms with Gasteiger partial charge in [0.05, 0.1) is 17.3 Å². The summed E-state index contributed by atoms with van der Waals surface area (Å²) in [6.45, 7) is 3.48. The monoisotopic (exact) mass is 420 g/mol. The Labute approximate surface area is 181 Å². The first-order chi connectivity index (χ1) is 15.1. The lowest BCUT2D eigenvalue weighted by Gasteiger charge is -2.23. The summed E-state index contributed by atoms with van der Waals surface area (Å²) >= 11 is 0. The number of hydrogen-bond donors (Lipinski definition) is 1. The number of nitrogens with one attached hydrogen (secondary N) is 1. The van der Waals surface area contributed by atoms with Crippen molar-refractivity contribution in [2.24, 2.45) is 0 Å². The summed E-state index contributed by atoms with van der Waals surface area (Å²) in [6, 6.07) is 16.8. The lowest BCUT2D eigenvalue weighted by molar-refractivity contribution is -0.116. The van der Waals surface area contributed by atoms with E-state index in [-0.39, 0.29) is 24.0 Å². The highest BCUT2D eigenvalue weighted by atomic mass is 16.5. The molecule has 1 aliphatic rings. The first-order valence-electron chi connectivity index (χ1n) is 10.8. The zero-order valence-corrected chi connectivity index (χ0v) is 17.8. The van der Waals surface area contributed by atoms with Gasteiger partial charge in [-0.15, -0.1) is 0 Å². The Hall–Kier alpha value is -3.12. The van der Waals surface area contributed by atoms with Crippen molar-refractivity contribution in [3.63, 3.8) is 0 Å². The van der Waals surface area contributed by atoms with Crippen LogP contribution in [0.4, 0.5) is 5.69 Å². The van der Waals surface area contributed by atoms with Crippen molar-refractivity contribution in [3.05, 3.63) is 70.5 Å². The fourth-order valence-electron chi connectivity index (χ4n) is 3.98. The molecule has 162 valence electrons. The third-order valence-corrected chi connectivity index (χ3v) is 5.65. The fraction of sp³-hybridized carbons (Fsp3) is 0.360. The SMILES string of the molecule is Cc1cc(=O)n(CCC(=O)Nc2ccccc2OC[C@H]2CCCCO2)c2ccccc12. The molecule has 3 aromatic rings. The van der Waals surface area contributed by atoms with Crippen LogP contribution in [0, 0.1) is 6.92 Å². The molecule has 0 unspecified atom stereocenters. The Kier molecular flexibility index (Phi) is 6.67. The number of carbonyl (C=O) groups is 1. The quantitative estimate of drug-likeness (QED) is 0.619. The summed E-state index contributed by atoms with van der Waals surface area (Å²) in [4.78, 5) is 25.2. The standard InChI is InChI=1S/C25H28N2O4/c1-18-16-25(29)27(22-11-4-2-9-20(18)22)14-13-24(28)26-21-10-3-5-12-23(21)31-17-19-8-6-7-15-30-19/h2-5,9-12,16,19H,6-8,13-15,17H2,1H3,(H,26,28)/t19-/m1/s1. The van der Waals surface area contributed by atoms with Crippen LogP contribution in [0.15, 0.2) is 59.4 Å². The summed E-state index contributed by atoms with van der Waals surface area (Å²) in [6.07, 6.45) is 3.53. The van der Waals surface area contributed by atoms with Crippen molar-refractivity contribution in [3.8, 4) is 5.75 Å². The van der Waals surface area contributed by atoms with Crippen molar-refractivity contribution in [1.29, 1.82) is 0 Å². The van der Waals surface area contributed by atoms with E-state index in [9.17, 15) is 9.59 Å². The highest BCUT2D eigenvalue weighted by Crippen LogP contribution is 2.25. The molecule has 6 heteroatoms. The molecule has 0 bridgehead atoms. The van der Waals surface area contributed by atoms with Gasteiger partial charge in [0.1, 0.15) is 12.4 Å². The minimum atomic E-state index is -0.165. The molecule has 1 saturated heterocycles. The van der Waals surface area contributed by atoms with Crippen LogP contribution in [0.5, 0.6) is 5.75 Å². The van der Waals surface area contributed by atoms with Crippen molar-refractivity contribution in [1.82, 2.24) is 4.57 Å². The van der Waals surface area contributed by atoms with Gasteiger partial charge in [-0.2, -0.15) is 0 Å². The number of carbonyl (C=O) groups excluding carboxylic acids is 1. The van der Waals surface area contributed by atoms with Crippen molar-refractivity contribution in [2.45, 2.75) is 45.3 Å². The maximum Gasteiger partial charge on any atom is 0.251 e. The van der Waals surface area contributed by atoms with Gasteiger partial charge in [0.15, 0.2) is 0 Å². The first kappa shape index (κ1) is 21.1. The van der Waals surface area contributed by atoms with E-state index >= 15 is 0 Å². The summed E-state index contributed by atoms with van der Waals surface area (Å²) in [5.74, 6) is 0.462. The van der Waals surface area contributed by atoms with Gasteiger partial charge in [0.2, 0.25) is 5.91 Å². The molecule has 0 radical (unpaired) electrons. The van der Waals surface area contributed by atoms with Gasteiger partial charge < -0.3 is 19.4 Å². The van der Waals surface area contributed by atoms with E-state index in [4.69, 9.17) is 9.47 Å². The number of amides is 1. The number of para-hydroxylation sites is 3. The highest BCUT2D eigenvalue weighted by Gasteiger charge is 2.16. The number of hydrogen-bond acceptors (Lipinski definition) is 4. The molecule has 2 heterocycles. The van der Waals surface area contributed by atoms with Crippen LogP contribution >= 0.6 is 0 Å². The second kappa shape index (κ2) is 9.79. The normalized spacial score (nSPS) is 16.2. The third-order valence-electron chi connectivity index (χ3n) is 5.65. The molecule has 1 aromatic heterocycles. The number of anilines is 1. The van der Waals surface area contributed by atoms with Gasteiger partial charge in [-0.25, -0.2) is 0 Å². The molecule has 0 saturated carbocycles. The molecular weight excluding hydrogens is 392 g/mol. The number of aromatic nitrogens is 1. The van der Waals surface area contributed by atoms with Crippen LogP contribution in [0.1, 0.15) is 31.2 Å². The number of aryl methyl sites for hydroxylation is 2.